The average molecular weight is 300 g/mol. The van der Waals surface area contributed by atoms with Gasteiger partial charge in [0.15, 0.2) is 0 Å². The van der Waals surface area contributed by atoms with E-state index in [-0.39, 0.29) is 6.03 Å². The molecule has 1 aromatic carbocycles. The van der Waals surface area contributed by atoms with E-state index in [0.717, 1.165) is 19.4 Å². The zero-order chi connectivity index (χ0) is 16.0. The fraction of sp³-hybridized carbons (Fsp3) is 0.632. The second-order valence-electron chi connectivity index (χ2n) is 8.49. The number of rotatable bonds is 2. The summed E-state index contributed by atoms with van der Waals surface area (Å²) in [6.45, 7) is 10.6. The van der Waals surface area contributed by atoms with Gasteiger partial charge in [-0.3, -0.25) is 0 Å². The van der Waals surface area contributed by atoms with Gasteiger partial charge in [-0.25, -0.2) is 4.79 Å². The molecule has 1 aliphatic heterocycles. The number of hydrogen-bond donors (Lipinski definition) is 1. The van der Waals surface area contributed by atoms with Crippen LogP contribution in [0.3, 0.4) is 0 Å². The van der Waals surface area contributed by atoms with Gasteiger partial charge < -0.3 is 10.2 Å². The molecule has 2 aliphatic rings. The lowest BCUT2D eigenvalue weighted by Crippen LogP contribution is -2.43. The van der Waals surface area contributed by atoms with E-state index in [1.165, 1.54) is 17.5 Å². The van der Waals surface area contributed by atoms with E-state index in [1.807, 2.05) is 6.07 Å². The molecule has 2 unspecified atom stereocenters. The first-order chi connectivity index (χ1) is 10.3. The van der Waals surface area contributed by atoms with E-state index in [9.17, 15) is 4.79 Å². The second kappa shape index (κ2) is 5.29. The van der Waals surface area contributed by atoms with Crippen molar-refractivity contribution in [2.45, 2.75) is 59.5 Å². The maximum Gasteiger partial charge on any atom is 0.317 e. The highest BCUT2D eigenvalue weighted by Crippen LogP contribution is 2.52. The van der Waals surface area contributed by atoms with Crippen LogP contribution in [0.25, 0.3) is 0 Å². The lowest BCUT2D eigenvalue weighted by molar-refractivity contribution is 0.129. The summed E-state index contributed by atoms with van der Waals surface area (Å²) in [5.74, 6) is 0. The topological polar surface area (TPSA) is 32.3 Å². The summed E-state index contributed by atoms with van der Waals surface area (Å²) in [5.41, 5.74) is 3.05. The Morgan fingerprint density at radius 2 is 2.09 bits per heavy atom. The summed E-state index contributed by atoms with van der Waals surface area (Å²) in [6, 6.07) is 8.84. The molecule has 2 amide bonds. The number of likely N-dealkylation sites (tertiary alicyclic amines) is 1. The molecule has 1 saturated heterocycles. The number of nitrogens with zero attached hydrogens (tertiary/aromatic N) is 1. The van der Waals surface area contributed by atoms with Crippen molar-refractivity contribution in [3.05, 3.63) is 35.4 Å². The Kier molecular flexibility index (Phi) is 3.70. The van der Waals surface area contributed by atoms with Gasteiger partial charge in [-0.1, -0.05) is 50.6 Å². The zero-order valence-corrected chi connectivity index (χ0v) is 14.3. The van der Waals surface area contributed by atoms with Crippen LogP contribution in [0.4, 0.5) is 4.79 Å². The smallest absolute Gasteiger partial charge is 0.317 e. The molecule has 3 nitrogen and oxygen atoms in total. The molecule has 2 atom stereocenters. The summed E-state index contributed by atoms with van der Waals surface area (Å²) >= 11 is 0. The van der Waals surface area contributed by atoms with Crippen molar-refractivity contribution in [2.75, 3.05) is 6.54 Å². The molecule has 0 spiro atoms. The van der Waals surface area contributed by atoms with Crippen molar-refractivity contribution in [2.24, 2.45) is 10.8 Å². The van der Waals surface area contributed by atoms with Crippen LogP contribution >= 0.6 is 0 Å². The molecule has 0 aromatic heterocycles. The van der Waals surface area contributed by atoms with E-state index in [2.05, 4.69) is 56.1 Å². The Morgan fingerprint density at radius 1 is 1.32 bits per heavy atom. The van der Waals surface area contributed by atoms with Crippen LogP contribution in [0.2, 0.25) is 0 Å². The van der Waals surface area contributed by atoms with Crippen LogP contribution in [-0.2, 0) is 6.54 Å². The molecule has 3 rings (SSSR count). The first-order valence-electron chi connectivity index (χ1n) is 8.36. The first kappa shape index (κ1) is 15.4. The summed E-state index contributed by atoms with van der Waals surface area (Å²) in [4.78, 5) is 14.7. The predicted molar refractivity (Wildman–Crippen MR) is 89.6 cm³/mol. The van der Waals surface area contributed by atoms with Gasteiger partial charge in [-0.2, -0.15) is 0 Å². The van der Waals surface area contributed by atoms with E-state index in [1.54, 1.807) is 0 Å². The van der Waals surface area contributed by atoms with E-state index >= 15 is 0 Å². The van der Waals surface area contributed by atoms with Crippen molar-refractivity contribution < 1.29 is 4.79 Å². The van der Waals surface area contributed by atoms with Crippen molar-refractivity contribution >= 4 is 6.03 Å². The highest BCUT2D eigenvalue weighted by Gasteiger charge is 2.50. The molecule has 1 heterocycles. The Morgan fingerprint density at radius 3 is 2.82 bits per heavy atom. The molecule has 1 saturated carbocycles. The van der Waals surface area contributed by atoms with Crippen molar-refractivity contribution in [3.63, 3.8) is 0 Å². The molecule has 2 fully saturated rings. The maximum atomic E-state index is 12.6. The van der Waals surface area contributed by atoms with Gasteiger partial charge in [0.2, 0.25) is 0 Å². The normalized spacial score (nSPS) is 29.5. The molecule has 3 heteroatoms. The molecule has 22 heavy (non-hydrogen) atoms. The molecule has 1 N–H and O–H groups in total. The lowest BCUT2D eigenvalue weighted by atomic mass is 9.65. The van der Waals surface area contributed by atoms with Gasteiger partial charge in [0.1, 0.15) is 0 Å². The van der Waals surface area contributed by atoms with Gasteiger partial charge in [-0.15, -0.1) is 0 Å². The monoisotopic (exact) mass is 300 g/mol. The summed E-state index contributed by atoms with van der Waals surface area (Å²) in [5, 5.41) is 3.11. The van der Waals surface area contributed by atoms with Crippen LogP contribution in [0.15, 0.2) is 24.3 Å². The van der Waals surface area contributed by atoms with E-state index < -0.39 is 0 Å². The predicted octanol–water partition coefficient (Wildman–Crippen LogP) is 4.11. The third-order valence-corrected chi connectivity index (χ3v) is 5.20. The Hall–Kier alpha value is -1.51. The largest absolute Gasteiger partial charge is 0.334 e. The van der Waals surface area contributed by atoms with E-state index in [0.29, 0.717) is 23.4 Å². The van der Waals surface area contributed by atoms with Crippen LogP contribution in [-0.4, -0.2) is 23.5 Å². The fourth-order valence-electron chi connectivity index (χ4n) is 4.80. The summed E-state index contributed by atoms with van der Waals surface area (Å²) in [7, 11) is 0. The molecular weight excluding hydrogens is 272 g/mol. The van der Waals surface area contributed by atoms with Gasteiger partial charge in [0.05, 0.1) is 0 Å². The number of carbonyl (C=O) groups is 1. The van der Waals surface area contributed by atoms with Gasteiger partial charge in [0.25, 0.3) is 0 Å². The second-order valence-corrected chi connectivity index (χ2v) is 8.49. The Labute approximate surface area is 134 Å². The highest BCUT2D eigenvalue weighted by atomic mass is 16.2. The summed E-state index contributed by atoms with van der Waals surface area (Å²) in [6.07, 6.45) is 3.51. The number of amides is 2. The number of aryl methyl sites for hydroxylation is 1. The Bertz CT molecular complexity index is 581. The number of fused-ring (bicyclic) bond motifs is 2. The highest BCUT2D eigenvalue weighted by molar-refractivity contribution is 5.75. The minimum atomic E-state index is 0.105. The van der Waals surface area contributed by atoms with Crippen LogP contribution in [0, 0.1) is 17.8 Å². The third-order valence-electron chi connectivity index (χ3n) is 5.20. The molecule has 0 radical (unpaired) electrons. The molecule has 2 bridgehead atoms. The minimum Gasteiger partial charge on any atom is -0.334 e. The maximum absolute atomic E-state index is 12.6. The van der Waals surface area contributed by atoms with Crippen LogP contribution < -0.4 is 5.32 Å². The molecule has 1 aromatic rings. The number of carbonyl (C=O) groups excluding carboxylic acids is 1. The van der Waals surface area contributed by atoms with Gasteiger partial charge >= 0.3 is 6.03 Å². The fourth-order valence-corrected chi connectivity index (χ4v) is 4.80. The lowest BCUT2D eigenvalue weighted by Gasteiger charge is -2.39. The quantitative estimate of drug-likeness (QED) is 0.876. The summed E-state index contributed by atoms with van der Waals surface area (Å²) < 4.78 is 0. The van der Waals surface area contributed by atoms with Crippen LogP contribution in [0.5, 0.6) is 0 Å². The van der Waals surface area contributed by atoms with Crippen LogP contribution in [0.1, 0.15) is 51.2 Å². The zero-order valence-electron chi connectivity index (χ0n) is 14.3. The Balaban J connectivity index is 1.64. The minimum absolute atomic E-state index is 0.105. The SMILES string of the molecule is Cc1cccc(CNC(=O)N2CC3(C)CC2CC(C)(C)C3)c1. The third kappa shape index (κ3) is 3.13. The van der Waals surface area contributed by atoms with Gasteiger partial charge in [-0.05, 0) is 42.6 Å². The average Bonchev–Trinajstić information content (AvgIpc) is 2.65. The molecule has 1 aliphatic carbocycles. The standard InChI is InChI=1S/C19H28N2O/c1-14-6-5-7-15(8-14)11-20-17(22)21-13-19(4)10-16(21)9-18(2,3)12-19/h5-8,16H,9-13H2,1-4H3,(H,20,22). The first-order valence-corrected chi connectivity index (χ1v) is 8.36. The van der Waals surface area contributed by atoms with E-state index in [4.69, 9.17) is 0 Å². The van der Waals surface area contributed by atoms with Crippen molar-refractivity contribution in [1.82, 2.24) is 10.2 Å². The number of hydrogen-bond acceptors (Lipinski definition) is 1. The van der Waals surface area contributed by atoms with Crippen molar-refractivity contribution in [3.8, 4) is 0 Å². The van der Waals surface area contributed by atoms with Crippen molar-refractivity contribution in [1.29, 1.82) is 0 Å². The van der Waals surface area contributed by atoms with Gasteiger partial charge in [0, 0.05) is 19.1 Å². The molecule has 120 valence electrons. The number of urea groups is 1. The number of benzene rings is 1. The number of nitrogens with one attached hydrogen (secondary N) is 1. The molecular formula is C19H28N2O.